The SMILES string of the molecule is CCC(CC(C)(C)CC)C(=O)OC(C)(C)CC(C)(C)C1CO1. The molecule has 0 amide bonds. The Morgan fingerprint density at radius 2 is 1.73 bits per heavy atom. The van der Waals surface area contributed by atoms with Crippen molar-refractivity contribution in [3.63, 3.8) is 0 Å². The molecule has 22 heavy (non-hydrogen) atoms. The first-order valence-electron chi connectivity index (χ1n) is 8.77. The molecule has 0 bridgehead atoms. The molecule has 0 N–H and O–H groups in total. The molecule has 0 saturated carbocycles. The molecule has 0 aromatic heterocycles. The third-order valence-electron chi connectivity index (χ3n) is 5.05. The number of carbonyl (C=O) groups is 1. The summed E-state index contributed by atoms with van der Waals surface area (Å²) in [5.74, 6) is -0.0453. The minimum Gasteiger partial charge on any atom is -0.459 e. The first kappa shape index (κ1) is 19.5. The zero-order valence-electron chi connectivity index (χ0n) is 15.9. The van der Waals surface area contributed by atoms with Gasteiger partial charge in [-0.15, -0.1) is 0 Å². The third kappa shape index (κ3) is 5.91. The Kier molecular flexibility index (Phi) is 6.11. The van der Waals surface area contributed by atoms with Gasteiger partial charge in [-0.2, -0.15) is 0 Å². The first-order valence-corrected chi connectivity index (χ1v) is 8.77. The molecule has 1 saturated heterocycles. The normalized spacial score (nSPS) is 20.6. The van der Waals surface area contributed by atoms with Crippen molar-refractivity contribution in [2.75, 3.05) is 6.61 Å². The fraction of sp³-hybridized carbons (Fsp3) is 0.947. The van der Waals surface area contributed by atoms with Crippen LogP contribution < -0.4 is 0 Å². The predicted molar refractivity (Wildman–Crippen MR) is 90.8 cm³/mol. The van der Waals surface area contributed by atoms with Gasteiger partial charge in [-0.1, -0.05) is 48.0 Å². The van der Waals surface area contributed by atoms with Crippen LogP contribution in [0.25, 0.3) is 0 Å². The van der Waals surface area contributed by atoms with Crippen LogP contribution in [-0.4, -0.2) is 24.3 Å². The van der Waals surface area contributed by atoms with Gasteiger partial charge in [0.1, 0.15) is 5.60 Å². The highest BCUT2D eigenvalue weighted by atomic mass is 16.6. The lowest BCUT2D eigenvalue weighted by Gasteiger charge is -2.35. The molecular formula is C19H36O3. The molecule has 0 aromatic carbocycles. The van der Waals surface area contributed by atoms with Crippen LogP contribution >= 0.6 is 0 Å². The van der Waals surface area contributed by atoms with Gasteiger partial charge in [-0.05, 0) is 43.9 Å². The van der Waals surface area contributed by atoms with Gasteiger partial charge in [0, 0.05) is 0 Å². The van der Waals surface area contributed by atoms with Gasteiger partial charge in [0.25, 0.3) is 0 Å². The molecule has 2 atom stereocenters. The van der Waals surface area contributed by atoms with E-state index in [1.165, 1.54) is 0 Å². The summed E-state index contributed by atoms with van der Waals surface area (Å²) in [6, 6.07) is 0. The van der Waals surface area contributed by atoms with E-state index in [0.717, 1.165) is 32.3 Å². The van der Waals surface area contributed by atoms with Crippen LogP contribution in [0.5, 0.6) is 0 Å². The summed E-state index contributed by atoms with van der Waals surface area (Å²) in [6.45, 7) is 18.0. The Hall–Kier alpha value is -0.570. The highest BCUT2D eigenvalue weighted by Crippen LogP contribution is 2.40. The van der Waals surface area contributed by atoms with E-state index in [0.29, 0.717) is 6.10 Å². The van der Waals surface area contributed by atoms with E-state index < -0.39 is 5.60 Å². The monoisotopic (exact) mass is 312 g/mol. The maximum Gasteiger partial charge on any atom is 0.309 e. The highest BCUT2D eigenvalue weighted by Gasteiger charge is 2.44. The first-order chi connectivity index (χ1) is 9.92. The van der Waals surface area contributed by atoms with Gasteiger partial charge in [-0.25, -0.2) is 0 Å². The molecule has 3 heteroatoms. The van der Waals surface area contributed by atoms with Crippen molar-refractivity contribution in [3.8, 4) is 0 Å². The Morgan fingerprint density at radius 1 is 1.18 bits per heavy atom. The highest BCUT2D eigenvalue weighted by molar-refractivity contribution is 5.72. The van der Waals surface area contributed by atoms with E-state index in [9.17, 15) is 4.79 Å². The van der Waals surface area contributed by atoms with Gasteiger partial charge >= 0.3 is 5.97 Å². The third-order valence-corrected chi connectivity index (χ3v) is 5.05. The Bertz CT molecular complexity index is 378. The molecule has 0 aromatic rings. The zero-order valence-corrected chi connectivity index (χ0v) is 15.9. The number of epoxide rings is 1. The number of rotatable bonds is 9. The molecule has 130 valence electrons. The van der Waals surface area contributed by atoms with Crippen molar-refractivity contribution in [1.82, 2.24) is 0 Å². The van der Waals surface area contributed by atoms with Crippen molar-refractivity contribution in [2.24, 2.45) is 16.7 Å². The summed E-state index contributed by atoms with van der Waals surface area (Å²) in [5, 5.41) is 0. The minimum atomic E-state index is -0.448. The van der Waals surface area contributed by atoms with Gasteiger partial charge in [0.05, 0.1) is 18.6 Å². The van der Waals surface area contributed by atoms with Gasteiger partial charge in [0.15, 0.2) is 0 Å². The van der Waals surface area contributed by atoms with E-state index >= 15 is 0 Å². The molecule has 0 aliphatic carbocycles. The van der Waals surface area contributed by atoms with E-state index in [1.54, 1.807) is 0 Å². The lowest BCUT2D eigenvalue weighted by molar-refractivity contribution is -0.166. The van der Waals surface area contributed by atoms with Crippen molar-refractivity contribution in [1.29, 1.82) is 0 Å². The Morgan fingerprint density at radius 3 is 2.14 bits per heavy atom. The summed E-state index contributed by atoms with van der Waals surface area (Å²) in [6.07, 6.45) is 3.94. The second kappa shape index (κ2) is 6.90. The molecule has 1 aliphatic rings. The smallest absolute Gasteiger partial charge is 0.309 e. The number of carbonyl (C=O) groups excluding carboxylic acids is 1. The molecule has 2 unspecified atom stereocenters. The zero-order chi connectivity index (χ0) is 17.2. The molecule has 1 aliphatic heterocycles. The van der Waals surface area contributed by atoms with Crippen molar-refractivity contribution in [3.05, 3.63) is 0 Å². The van der Waals surface area contributed by atoms with Gasteiger partial charge < -0.3 is 9.47 Å². The van der Waals surface area contributed by atoms with Crippen LogP contribution in [0.2, 0.25) is 0 Å². The van der Waals surface area contributed by atoms with Gasteiger partial charge in [0.2, 0.25) is 0 Å². The molecule has 0 radical (unpaired) electrons. The lowest BCUT2D eigenvalue weighted by atomic mass is 9.78. The number of hydrogen-bond donors (Lipinski definition) is 0. The van der Waals surface area contributed by atoms with E-state index in [-0.39, 0.29) is 22.7 Å². The predicted octanol–water partition coefficient (Wildman–Crippen LogP) is 4.98. The maximum absolute atomic E-state index is 12.6. The molecule has 1 fully saturated rings. The second-order valence-corrected chi connectivity index (χ2v) is 9.00. The summed E-state index contributed by atoms with van der Waals surface area (Å²) in [7, 11) is 0. The molecular weight excluding hydrogens is 276 g/mol. The molecule has 3 nitrogen and oxygen atoms in total. The van der Waals surface area contributed by atoms with Gasteiger partial charge in [-0.3, -0.25) is 4.79 Å². The fourth-order valence-electron chi connectivity index (χ4n) is 3.31. The largest absolute Gasteiger partial charge is 0.459 e. The summed E-state index contributed by atoms with van der Waals surface area (Å²) < 4.78 is 11.3. The van der Waals surface area contributed by atoms with Crippen molar-refractivity contribution >= 4 is 5.97 Å². The van der Waals surface area contributed by atoms with Crippen LogP contribution in [0.3, 0.4) is 0 Å². The van der Waals surface area contributed by atoms with Crippen LogP contribution in [0, 0.1) is 16.7 Å². The topological polar surface area (TPSA) is 38.8 Å². The van der Waals surface area contributed by atoms with Crippen LogP contribution in [0.1, 0.15) is 81.1 Å². The van der Waals surface area contributed by atoms with E-state index in [4.69, 9.17) is 9.47 Å². The summed E-state index contributed by atoms with van der Waals surface area (Å²) in [5.41, 5.74) is -0.213. The standard InChI is InChI=1S/C19H36O3/c1-9-14(11-17(3,4)10-2)16(20)22-19(7,8)13-18(5,6)15-12-21-15/h14-15H,9-13H2,1-8H3. The Labute approximate surface area is 137 Å². The number of esters is 1. The quantitative estimate of drug-likeness (QED) is 0.445. The molecule has 0 spiro atoms. The van der Waals surface area contributed by atoms with Crippen molar-refractivity contribution in [2.45, 2.75) is 92.8 Å². The average molecular weight is 312 g/mol. The van der Waals surface area contributed by atoms with E-state index in [2.05, 4.69) is 41.5 Å². The van der Waals surface area contributed by atoms with Crippen molar-refractivity contribution < 1.29 is 14.3 Å². The van der Waals surface area contributed by atoms with Crippen LogP contribution in [0.15, 0.2) is 0 Å². The number of ether oxygens (including phenoxy) is 2. The summed E-state index contributed by atoms with van der Waals surface area (Å²) in [4.78, 5) is 12.6. The van der Waals surface area contributed by atoms with Crippen LogP contribution in [0.4, 0.5) is 0 Å². The lowest BCUT2D eigenvalue weighted by Crippen LogP contribution is -2.38. The summed E-state index contributed by atoms with van der Waals surface area (Å²) >= 11 is 0. The average Bonchev–Trinajstić information content (AvgIpc) is 3.18. The fourth-order valence-corrected chi connectivity index (χ4v) is 3.31. The Balaban J connectivity index is 2.63. The van der Waals surface area contributed by atoms with Crippen LogP contribution in [-0.2, 0) is 14.3 Å². The second-order valence-electron chi connectivity index (χ2n) is 9.00. The minimum absolute atomic E-state index is 0.00508. The van der Waals surface area contributed by atoms with E-state index in [1.807, 2.05) is 13.8 Å². The molecule has 1 rings (SSSR count). The number of hydrogen-bond acceptors (Lipinski definition) is 3. The maximum atomic E-state index is 12.6. The molecule has 1 heterocycles.